The number of likely N-dealkylation sites (N-methyl/N-ethyl adjacent to an activating group) is 1. The van der Waals surface area contributed by atoms with E-state index in [1.165, 1.54) is 16.7 Å². The largest absolute Gasteiger partial charge is 0.465 e. The number of likely N-dealkylation sites (tertiary alicyclic amines) is 1. The molecule has 0 spiro atoms. The first kappa shape index (κ1) is 27.8. The Morgan fingerprint density at radius 2 is 1.67 bits per heavy atom. The van der Waals surface area contributed by atoms with E-state index in [9.17, 15) is 19.8 Å². The molecule has 206 valence electrons. The molecule has 1 fully saturated rings. The van der Waals surface area contributed by atoms with Crippen LogP contribution in [-0.2, 0) is 10.3 Å². The van der Waals surface area contributed by atoms with Crippen LogP contribution in [0, 0.1) is 5.92 Å². The number of amidine groups is 1. The molecule has 3 aliphatic rings. The smallest absolute Gasteiger partial charge is 0.407 e. The summed E-state index contributed by atoms with van der Waals surface area (Å²) in [5.41, 5.74) is 2.16. The zero-order chi connectivity index (χ0) is 28.2. The molecule has 0 saturated carbocycles. The second-order valence-electron chi connectivity index (χ2n) is 10.6. The van der Waals surface area contributed by atoms with Gasteiger partial charge in [0.1, 0.15) is 10.4 Å². The molecular formula is C28H30Cl2N4O4S. The predicted octanol–water partition coefficient (Wildman–Crippen LogP) is 5.42. The first-order valence-electron chi connectivity index (χ1n) is 12.7. The number of aliphatic hydroxyl groups is 1. The van der Waals surface area contributed by atoms with Crippen LogP contribution in [0.1, 0.15) is 37.9 Å². The van der Waals surface area contributed by atoms with Crippen LogP contribution in [0.2, 0.25) is 10.0 Å². The number of hydrogen-bond donors (Lipinski definition) is 2. The maximum Gasteiger partial charge on any atom is 0.407 e. The van der Waals surface area contributed by atoms with Gasteiger partial charge in [0.05, 0.1) is 24.7 Å². The van der Waals surface area contributed by atoms with Crippen molar-refractivity contribution in [2.75, 3.05) is 20.1 Å². The number of aliphatic hydroxyl groups excluding tert-OH is 1. The van der Waals surface area contributed by atoms with Crippen molar-refractivity contribution in [1.29, 1.82) is 0 Å². The molecule has 8 nitrogen and oxygen atoms in total. The van der Waals surface area contributed by atoms with Crippen molar-refractivity contribution in [3.8, 4) is 0 Å². The molecule has 11 heteroatoms. The van der Waals surface area contributed by atoms with Crippen LogP contribution < -0.4 is 0 Å². The monoisotopic (exact) mass is 588 g/mol. The summed E-state index contributed by atoms with van der Waals surface area (Å²) >= 11 is 13.8. The van der Waals surface area contributed by atoms with Gasteiger partial charge in [-0.05, 0) is 60.0 Å². The number of benzene rings is 2. The molecule has 0 aromatic heterocycles. The molecule has 3 heterocycles. The van der Waals surface area contributed by atoms with Gasteiger partial charge in [-0.3, -0.25) is 4.79 Å². The third-order valence-electron chi connectivity index (χ3n) is 7.71. The van der Waals surface area contributed by atoms with Crippen molar-refractivity contribution >= 4 is 52.1 Å². The number of halogens is 2. The lowest BCUT2D eigenvalue weighted by molar-refractivity contribution is -0.128. The molecule has 39 heavy (non-hydrogen) atoms. The van der Waals surface area contributed by atoms with E-state index in [4.69, 9.17) is 28.2 Å². The quantitative estimate of drug-likeness (QED) is 0.484. The third-order valence-corrected chi connectivity index (χ3v) is 9.28. The van der Waals surface area contributed by atoms with E-state index < -0.39 is 23.8 Å². The van der Waals surface area contributed by atoms with Crippen molar-refractivity contribution in [2.45, 2.75) is 44.5 Å². The van der Waals surface area contributed by atoms with Crippen molar-refractivity contribution in [2.24, 2.45) is 10.9 Å². The van der Waals surface area contributed by atoms with E-state index in [-0.39, 0.29) is 31.0 Å². The summed E-state index contributed by atoms with van der Waals surface area (Å²) in [6.07, 6.45) is -2.08. The molecular weight excluding hydrogens is 559 g/mol. The minimum Gasteiger partial charge on any atom is -0.465 e. The molecule has 0 aliphatic carbocycles. The fourth-order valence-corrected chi connectivity index (χ4v) is 7.32. The molecule has 2 aromatic carbocycles. The standard InChI is InChI=1S/C28H30Cl2N4O4S/c1-15(2)22-23(25(36)32(4)20-13-33(27(37)38)14-21(20)35)39-26-31-28(3,17-7-11-19(30)12-8-17)24(34(22)26)16-5-9-18(29)10-6-16/h5-12,15,20-21,24,35H,13-14H2,1-4H3,(H,37,38)/t20-,21-,24+,28-/m0/s1. The van der Waals surface area contributed by atoms with Gasteiger partial charge in [0, 0.05) is 29.3 Å². The summed E-state index contributed by atoms with van der Waals surface area (Å²) in [7, 11) is 1.62. The van der Waals surface area contributed by atoms with E-state index >= 15 is 0 Å². The minimum absolute atomic E-state index is 0.0241. The van der Waals surface area contributed by atoms with E-state index in [0.29, 0.717) is 20.1 Å². The number of nitrogens with zero attached hydrogens (tertiary/aromatic N) is 4. The highest BCUT2D eigenvalue weighted by Gasteiger charge is 2.53. The van der Waals surface area contributed by atoms with Crippen LogP contribution in [0.15, 0.2) is 64.1 Å². The predicted molar refractivity (Wildman–Crippen MR) is 154 cm³/mol. The fraction of sp³-hybridized carbons (Fsp3) is 0.393. The van der Waals surface area contributed by atoms with Gasteiger partial charge < -0.3 is 24.9 Å². The van der Waals surface area contributed by atoms with Gasteiger partial charge in [0.25, 0.3) is 5.91 Å². The Labute approximate surface area is 241 Å². The molecule has 2 aromatic rings. The molecule has 0 radical (unpaired) electrons. The Hall–Kier alpha value is -2.72. The van der Waals surface area contributed by atoms with Crippen molar-refractivity contribution in [1.82, 2.24) is 14.7 Å². The van der Waals surface area contributed by atoms with Crippen LogP contribution in [0.4, 0.5) is 4.79 Å². The van der Waals surface area contributed by atoms with Gasteiger partial charge in [0.15, 0.2) is 5.17 Å². The Balaban J connectivity index is 1.57. The SMILES string of the molecule is CC(C)C1=C(C(=O)N(C)[C@H]2CN(C(=O)O)C[C@@H]2O)SC2=N[C@@](C)(c3ccc(Cl)cc3)[C@@H](c3ccc(Cl)cc3)N21. The number of carboxylic acid groups (broad SMARTS) is 1. The zero-order valence-electron chi connectivity index (χ0n) is 22.0. The molecule has 2 N–H and O–H groups in total. The minimum atomic E-state index is -1.11. The number of hydrogen-bond acceptors (Lipinski definition) is 6. The van der Waals surface area contributed by atoms with Crippen LogP contribution in [0.5, 0.6) is 0 Å². The van der Waals surface area contributed by atoms with Gasteiger partial charge in [-0.25, -0.2) is 9.79 Å². The number of thioether (sulfide) groups is 1. The average Bonchev–Trinajstić information content (AvgIpc) is 3.53. The molecule has 4 atom stereocenters. The number of rotatable bonds is 5. The summed E-state index contributed by atoms with van der Waals surface area (Å²) < 4.78 is 0. The van der Waals surface area contributed by atoms with Gasteiger partial charge in [-0.1, -0.05) is 61.3 Å². The molecule has 1 saturated heterocycles. The number of carbonyl (C=O) groups is 2. The molecule has 5 rings (SSSR count). The molecule has 2 amide bonds. The van der Waals surface area contributed by atoms with E-state index in [0.717, 1.165) is 21.7 Å². The summed E-state index contributed by atoms with van der Waals surface area (Å²) in [6.45, 7) is 6.19. The van der Waals surface area contributed by atoms with Crippen LogP contribution >= 0.6 is 35.0 Å². The highest BCUT2D eigenvalue weighted by atomic mass is 35.5. The van der Waals surface area contributed by atoms with Gasteiger partial charge in [-0.15, -0.1) is 0 Å². The number of fused-ring (bicyclic) bond motifs is 1. The number of β-amino-alcohol motifs (C(OH)–C–C–N with tert-alkyl or cyclic N) is 1. The highest BCUT2D eigenvalue weighted by molar-refractivity contribution is 8.18. The van der Waals surface area contributed by atoms with E-state index in [2.05, 4.69) is 11.8 Å². The topological polar surface area (TPSA) is 96.7 Å². The normalized spacial score (nSPS) is 26.4. The van der Waals surface area contributed by atoms with Crippen molar-refractivity contribution in [3.63, 3.8) is 0 Å². The second-order valence-corrected chi connectivity index (χ2v) is 12.4. The highest BCUT2D eigenvalue weighted by Crippen LogP contribution is 2.56. The van der Waals surface area contributed by atoms with E-state index in [1.54, 1.807) is 7.05 Å². The van der Waals surface area contributed by atoms with Crippen molar-refractivity contribution < 1.29 is 19.8 Å². The molecule has 0 unspecified atom stereocenters. The molecule has 0 bridgehead atoms. The fourth-order valence-electron chi connectivity index (χ4n) is 5.68. The van der Waals surface area contributed by atoms with Gasteiger partial charge >= 0.3 is 6.09 Å². The lowest BCUT2D eigenvalue weighted by Gasteiger charge is -2.37. The van der Waals surface area contributed by atoms with Crippen molar-refractivity contribution in [3.05, 3.63) is 80.3 Å². The first-order chi connectivity index (χ1) is 18.4. The Morgan fingerprint density at radius 3 is 2.21 bits per heavy atom. The number of carbonyl (C=O) groups excluding carboxylic acids is 1. The summed E-state index contributed by atoms with van der Waals surface area (Å²) in [5, 5.41) is 21.9. The Bertz CT molecular complexity index is 1360. The number of allylic oxidation sites excluding steroid dienone is 1. The lowest BCUT2D eigenvalue weighted by Crippen LogP contribution is -2.45. The number of amides is 2. The maximum absolute atomic E-state index is 13.9. The zero-order valence-corrected chi connectivity index (χ0v) is 24.3. The van der Waals surface area contributed by atoms with Gasteiger partial charge in [-0.2, -0.15) is 0 Å². The van der Waals surface area contributed by atoms with Crippen LogP contribution in [-0.4, -0.2) is 74.4 Å². The third kappa shape index (κ3) is 4.79. The summed E-state index contributed by atoms with van der Waals surface area (Å²) in [4.78, 5) is 35.9. The first-order valence-corrected chi connectivity index (χ1v) is 14.2. The van der Waals surface area contributed by atoms with Gasteiger partial charge in [0.2, 0.25) is 0 Å². The van der Waals surface area contributed by atoms with E-state index in [1.807, 2.05) is 62.4 Å². The Kier molecular flexibility index (Phi) is 7.39. The molecule has 3 aliphatic heterocycles. The Morgan fingerprint density at radius 1 is 1.08 bits per heavy atom. The second kappa shape index (κ2) is 10.4. The lowest BCUT2D eigenvalue weighted by atomic mass is 9.81. The van der Waals surface area contributed by atoms with Crippen LogP contribution in [0.3, 0.4) is 0 Å². The summed E-state index contributed by atoms with van der Waals surface area (Å²) in [6, 6.07) is 14.5. The summed E-state index contributed by atoms with van der Waals surface area (Å²) in [5.74, 6) is -0.288. The van der Waals surface area contributed by atoms with Crippen LogP contribution in [0.25, 0.3) is 0 Å². The maximum atomic E-state index is 13.9. The average molecular weight is 590 g/mol. The number of aliphatic imine (C=N–C) groups is 1.